The zero-order valence-electron chi connectivity index (χ0n) is 14.2. The average molecular weight is 340 g/mol. The van der Waals surface area contributed by atoms with Gasteiger partial charge in [0, 0.05) is 24.3 Å². The topological polar surface area (TPSA) is 49.4 Å². The summed E-state index contributed by atoms with van der Waals surface area (Å²) in [5.74, 6) is -1.55. The first kappa shape index (κ1) is 17.1. The van der Waals surface area contributed by atoms with Crippen molar-refractivity contribution in [1.82, 2.24) is 5.32 Å². The van der Waals surface area contributed by atoms with Gasteiger partial charge in [0.15, 0.2) is 0 Å². The van der Waals surface area contributed by atoms with Crippen molar-refractivity contribution in [1.29, 1.82) is 0 Å². The van der Waals surface area contributed by atoms with Gasteiger partial charge in [0.2, 0.25) is 11.8 Å². The molecule has 1 aliphatic rings. The molecule has 2 amide bonds. The quantitative estimate of drug-likeness (QED) is 0.851. The number of anilines is 1. The van der Waals surface area contributed by atoms with Gasteiger partial charge in [-0.3, -0.25) is 9.59 Å². The molecule has 25 heavy (non-hydrogen) atoms. The number of nitrogens with zero attached hydrogens (tertiary/aromatic N) is 1. The van der Waals surface area contributed by atoms with E-state index in [0.717, 1.165) is 12.0 Å². The molecular formula is C20H21FN2O2. The zero-order valence-corrected chi connectivity index (χ0v) is 14.2. The molecular weight excluding hydrogens is 319 g/mol. The SMILES string of the molecule is Cc1c(F)cccc1N1CCC(C(=O)NCCc2ccccc2)C1=O. The average Bonchev–Trinajstić information content (AvgIpc) is 3.00. The van der Waals surface area contributed by atoms with Crippen LogP contribution in [0.2, 0.25) is 0 Å². The number of benzene rings is 2. The summed E-state index contributed by atoms with van der Waals surface area (Å²) in [7, 11) is 0. The van der Waals surface area contributed by atoms with Crippen LogP contribution in [0.25, 0.3) is 0 Å². The Balaban J connectivity index is 1.59. The van der Waals surface area contributed by atoms with E-state index in [9.17, 15) is 14.0 Å². The van der Waals surface area contributed by atoms with Crippen molar-refractivity contribution in [3.63, 3.8) is 0 Å². The third-order valence-corrected chi connectivity index (χ3v) is 4.61. The van der Waals surface area contributed by atoms with Crippen LogP contribution in [0.5, 0.6) is 0 Å². The minimum Gasteiger partial charge on any atom is -0.355 e. The predicted octanol–water partition coefficient (Wildman–Crippen LogP) is 2.85. The van der Waals surface area contributed by atoms with E-state index >= 15 is 0 Å². The molecule has 5 heteroatoms. The Morgan fingerprint density at radius 3 is 2.72 bits per heavy atom. The first-order valence-electron chi connectivity index (χ1n) is 8.46. The van der Waals surface area contributed by atoms with E-state index in [1.54, 1.807) is 19.1 Å². The maximum atomic E-state index is 13.7. The lowest BCUT2D eigenvalue weighted by molar-refractivity contribution is -0.132. The van der Waals surface area contributed by atoms with E-state index in [1.807, 2.05) is 30.3 Å². The Labute approximate surface area is 146 Å². The van der Waals surface area contributed by atoms with Gasteiger partial charge in [-0.05, 0) is 37.5 Å². The molecule has 3 rings (SSSR count). The number of amides is 2. The van der Waals surface area contributed by atoms with E-state index in [4.69, 9.17) is 0 Å². The number of hydrogen-bond acceptors (Lipinski definition) is 2. The number of hydrogen-bond donors (Lipinski definition) is 1. The lowest BCUT2D eigenvalue weighted by Gasteiger charge is -2.19. The maximum Gasteiger partial charge on any atom is 0.239 e. The molecule has 0 radical (unpaired) electrons. The fourth-order valence-corrected chi connectivity index (χ4v) is 3.15. The van der Waals surface area contributed by atoms with E-state index in [2.05, 4.69) is 5.32 Å². The van der Waals surface area contributed by atoms with E-state index < -0.39 is 5.92 Å². The second-order valence-corrected chi connectivity index (χ2v) is 6.24. The summed E-state index contributed by atoms with van der Waals surface area (Å²) < 4.78 is 13.7. The normalized spacial score (nSPS) is 17.0. The van der Waals surface area contributed by atoms with Crippen LogP contribution in [-0.2, 0) is 16.0 Å². The van der Waals surface area contributed by atoms with Crippen molar-refractivity contribution >= 4 is 17.5 Å². The van der Waals surface area contributed by atoms with Gasteiger partial charge < -0.3 is 10.2 Å². The summed E-state index contributed by atoms with van der Waals surface area (Å²) in [4.78, 5) is 26.4. The van der Waals surface area contributed by atoms with Crippen LogP contribution < -0.4 is 10.2 Å². The number of carbonyl (C=O) groups is 2. The summed E-state index contributed by atoms with van der Waals surface area (Å²) in [6, 6.07) is 14.5. The molecule has 0 aliphatic carbocycles. The van der Waals surface area contributed by atoms with Crippen molar-refractivity contribution in [3.05, 3.63) is 65.5 Å². The fourth-order valence-electron chi connectivity index (χ4n) is 3.15. The Kier molecular flexibility index (Phi) is 5.12. The molecule has 1 atom stereocenters. The van der Waals surface area contributed by atoms with Gasteiger partial charge in [-0.1, -0.05) is 36.4 Å². The molecule has 0 spiro atoms. The van der Waals surface area contributed by atoms with Crippen LogP contribution in [0.3, 0.4) is 0 Å². The molecule has 130 valence electrons. The van der Waals surface area contributed by atoms with Gasteiger partial charge in [-0.2, -0.15) is 0 Å². The third-order valence-electron chi connectivity index (χ3n) is 4.61. The van der Waals surface area contributed by atoms with Gasteiger partial charge in [0.05, 0.1) is 0 Å². The van der Waals surface area contributed by atoms with Crippen molar-refractivity contribution in [2.75, 3.05) is 18.0 Å². The summed E-state index contributed by atoms with van der Waals surface area (Å²) in [6.45, 7) is 2.57. The summed E-state index contributed by atoms with van der Waals surface area (Å²) in [5, 5.41) is 2.84. The second-order valence-electron chi connectivity index (χ2n) is 6.24. The van der Waals surface area contributed by atoms with Crippen LogP contribution in [0.4, 0.5) is 10.1 Å². The van der Waals surface area contributed by atoms with Gasteiger partial charge in [-0.25, -0.2) is 4.39 Å². The molecule has 2 aromatic carbocycles. The molecule has 1 heterocycles. The standard InChI is InChI=1S/C20H21FN2O2/c1-14-17(21)8-5-9-18(14)23-13-11-16(20(23)25)19(24)22-12-10-15-6-3-2-4-7-15/h2-9,16H,10-13H2,1H3,(H,22,24). The number of rotatable bonds is 5. The Hall–Kier alpha value is -2.69. The first-order chi connectivity index (χ1) is 12.1. The Bertz CT molecular complexity index is 777. The van der Waals surface area contributed by atoms with Crippen LogP contribution in [0, 0.1) is 18.7 Å². The van der Waals surface area contributed by atoms with Gasteiger partial charge in [0.25, 0.3) is 0 Å². The molecule has 1 N–H and O–H groups in total. The van der Waals surface area contributed by atoms with Crippen molar-refractivity contribution in [2.45, 2.75) is 19.8 Å². The van der Waals surface area contributed by atoms with Crippen LogP contribution in [-0.4, -0.2) is 24.9 Å². The highest BCUT2D eigenvalue weighted by Crippen LogP contribution is 2.29. The van der Waals surface area contributed by atoms with Crippen LogP contribution in [0.1, 0.15) is 17.5 Å². The van der Waals surface area contributed by atoms with E-state index in [0.29, 0.717) is 30.8 Å². The van der Waals surface area contributed by atoms with Gasteiger partial charge in [0.1, 0.15) is 11.7 Å². The molecule has 0 bridgehead atoms. The number of halogens is 1. The van der Waals surface area contributed by atoms with E-state index in [1.165, 1.54) is 11.0 Å². The molecule has 1 saturated heterocycles. The minimum absolute atomic E-state index is 0.252. The molecule has 0 saturated carbocycles. The highest BCUT2D eigenvalue weighted by Gasteiger charge is 2.38. The lowest BCUT2D eigenvalue weighted by atomic mass is 10.1. The number of nitrogens with one attached hydrogen (secondary N) is 1. The van der Waals surface area contributed by atoms with Crippen LogP contribution in [0.15, 0.2) is 48.5 Å². The highest BCUT2D eigenvalue weighted by atomic mass is 19.1. The molecule has 1 fully saturated rings. The maximum absolute atomic E-state index is 13.7. The Morgan fingerprint density at radius 2 is 1.96 bits per heavy atom. The molecule has 1 aliphatic heterocycles. The lowest BCUT2D eigenvalue weighted by Crippen LogP contribution is -2.37. The molecule has 1 unspecified atom stereocenters. The smallest absolute Gasteiger partial charge is 0.239 e. The molecule has 0 aromatic heterocycles. The second kappa shape index (κ2) is 7.47. The summed E-state index contributed by atoms with van der Waals surface area (Å²) >= 11 is 0. The predicted molar refractivity (Wildman–Crippen MR) is 94.8 cm³/mol. The van der Waals surface area contributed by atoms with Crippen molar-refractivity contribution < 1.29 is 14.0 Å². The van der Waals surface area contributed by atoms with Crippen molar-refractivity contribution in [2.24, 2.45) is 5.92 Å². The molecule has 4 nitrogen and oxygen atoms in total. The zero-order chi connectivity index (χ0) is 17.8. The van der Waals surface area contributed by atoms with Gasteiger partial charge >= 0.3 is 0 Å². The molecule has 2 aromatic rings. The van der Waals surface area contributed by atoms with Crippen LogP contribution >= 0.6 is 0 Å². The fraction of sp³-hybridized carbons (Fsp3) is 0.300. The monoisotopic (exact) mass is 340 g/mol. The number of carbonyl (C=O) groups excluding carboxylic acids is 2. The third kappa shape index (κ3) is 3.71. The Morgan fingerprint density at radius 1 is 1.20 bits per heavy atom. The van der Waals surface area contributed by atoms with Gasteiger partial charge in [-0.15, -0.1) is 0 Å². The highest BCUT2D eigenvalue weighted by molar-refractivity contribution is 6.09. The first-order valence-corrected chi connectivity index (χ1v) is 8.46. The summed E-state index contributed by atoms with van der Waals surface area (Å²) in [5.41, 5.74) is 2.11. The van der Waals surface area contributed by atoms with E-state index in [-0.39, 0.29) is 17.6 Å². The summed E-state index contributed by atoms with van der Waals surface area (Å²) in [6.07, 6.45) is 1.17. The van der Waals surface area contributed by atoms with Crippen molar-refractivity contribution in [3.8, 4) is 0 Å². The largest absolute Gasteiger partial charge is 0.355 e. The minimum atomic E-state index is -0.696.